The number of carbonyl (C=O) groups is 2. The van der Waals surface area contributed by atoms with Crippen LogP contribution < -0.4 is 5.32 Å². The van der Waals surface area contributed by atoms with Gasteiger partial charge in [-0.3, -0.25) is 9.59 Å². The van der Waals surface area contributed by atoms with Crippen LogP contribution in [-0.2, 0) is 4.79 Å². The van der Waals surface area contributed by atoms with Crippen LogP contribution in [0.4, 0.5) is 10.1 Å². The zero-order chi connectivity index (χ0) is 16.1. The average molecular weight is 365 g/mol. The number of likely N-dealkylation sites (N-methyl/N-ethyl adjacent to an activating group) is 1. The summed E-state index contributed by atoms with van der Waals surface area (Å²) in [6.07, 6.45) is 0. The third-order valence-corrected chi connectivity index (χ3v) is 3.64. The van der Waals surface area contributed by atoms with E-state index in [0.717, 1.165) is 10.5 Å². The molecule has 0 aliphatic rings. The van der Waals surface area contributed by atoms with Crippen LogP contribution in [0.15, 0.2) is 53.0 Å². The number of halogens is 2. The fraction of sp³-hybridized carbons (Fsp3) is 0.125. The number of nitrogens with zero attached hydrogens (tertiary/aromatic N) is 1. The average Bonchev–Trinajstić information content (AvgIpc) is 2.48. The summed E-state index contributed by atoms with van der Waals surface area (Å²) in [5, 5.41) is 2.71. The number of benzene rings is 2. The number of hydrogen-bond acceptors (Lipinski definition) is 2. The Morgan fingerprint density at radius 2 is 1.91 bits per heavy atom. The molecule has 0 spiro atoms. The van der Waals surface area contributed by atoms with Gasteiger partial charge in [0.2, 0.25) is 5.91 Å². The number of carbonyl (C=O) groups excluding carboxylic acids is 2. The van der Waals surface area contributed by atoms with Crippen molar-refractivity contribution in [2.24, 2.45) is 0 Å². The highest BCUT2D eigenvalue weighted by Crippen LogP contribution is 2.21. The Hall–Kier alpha value is -2.21. The molecule has 0 fully saturated rings. The van der Waals surface area contributed by atoms with Crippen LogP contribution in [0.5, 0.6) is 0 Å². The van der Waals surface area contributed by atoms with Crippen LogP contribution in [0.2, 0.25) is 0 Å². The predicted octanol–water partition coefficient (Wildman–Crippen LogP) is 3.30. The van der Waals surface area contributed by atoms with E-state index in [4.69, 9.17) is 0 Å². The molecule has 0 saturated carbocycles. The van der Waals surface area contributed by atoms with Crippen molar-refractivity contribution in [1.29, 1.82) is 0 Å². The lowest BCUT2D eigenvalue weighted by Crippen LogP contribution is -2.35. The molecule has 2 amide bonds. The van der Waals surface area contributed by atoms with Crippen molar-refractivity contribution < 1.29 is 14.0 Å². The third-order valence-electron chi connectivity index (χ3n) is 2.95. The highest BCUT2D eigenvalue weighted by Gasteiger charge is 2.16. The minimum absolute atomic E-state index is 0.128. The van der Waals surface area contributed by atoms with Gasteiger partial charge in [-0.05, 0) is 46.3 Å². The molecule has 2 aromatic carbocycles. The van der Waals surface area contributed by atoms with E-state index in [1.54, 1.807) is 18.2 Å². The molecule has 6 heteroatoms. The fourth-order valence-corrected chi connectivity index (χ4v) is 2.27. The summed E-state index contributed by atoms with van der Waals surface area (Å²) in [5.41, 5.74) is 0.829. The van der Waals surface area contributed by atoms with Gasteiger partial charge in [-0.1, -0.05) is 18.2 Å². The highest BCUT2D eigenvalue weighted by molar-refractivity contribution is 9.10. The van der Waals surface area contributed by atoms with Crippen molar-refractivity contribution in [2.45, 2.75) is 0 Å². The monoisotopic (exact) mass is 364 g/mol. The Morgan fingerprint density at radius 1 is 1.18 bits per heavy atom. The van der Waals surface area contributed by atoms with Crippen LogP contribution in [0.1, 0.15) is 10.4 Å². The second-order valence-electron chi connectivity index (χ2n) is 4.70. The van der Waals surface area contributed by atoms with Gasteiger partial charge >= 0.3 is 0 Å². The predicted molar refractivity (Wildman–Crippen MR) is 86.1 cm³/mol. The number of amides is 2. The van der Waals surface area contributed by atoms with Crippen LogP contribution in [0, 0.1) is 5.82 Å². The standard InChI is InChI=1S/C16H14BrFN2O2/c1-20(16(22)11-5-4-6-12(18)9-11)10-15(21)19-14-8-3-2-7-13(14)17/h2-9H,10H2,1H3,(H,19,21). The largest absolute Gasteiger partial charge is 0.332 e. The van der Waals surface area contributed by atoms with E-state index in [2.05, 4.69) is 21.2 Å². The van der Waals surface area contributed by atoms with Crippen LogP contribution >= 0.6 is 15.9 Å². The van der Waals surface area contributed by atoms with Crippen molar-refractivity contribution in [1.82, 2.24) is 4.90 Å². The zero-order valence-electron chi connectivity index (χ0n) is 11.8. The minimum Gasteiger partial charge on any atom is -0.332 e. The first-order valence-corrected chi connectivity index (χ1v) is 7.32. The number of para-hydroxylation sites is 1. The van der Waals surface area contributed by atoms with Gasteiger partial charge in [0.05, 0.1) is 12.2 Å². The summed E-state index contributed by atoms with van der Waals surface area (Å²) in [6.45, 7) is -0.128. The molecule has 0 atom stereocenters. The first-order chi connectivity index (χ1) is 10.5. The van der Waals surface area contributed by atoms with Crippen molar-refractivity contribution in [3.63, 3.8) is 0 Å². The molecule has 1 N–H and O–H groups in total. The third kappa shape index (κ3) is 4.14. The summed E-state index contributed by atoms with van der Waals surface area (Å²) < 4.78 is 13.9. The number of rotatable bonds is 4. The van der Waals surface area contributed by atoms with Crippen molar-refractivity contribution in [2.75, 3.05) is 18.9 Å². The lowest BCUT2D eigenvalue weighted by atomic mass is 10.2. The normalized spacial score (nSPS) is 10.1. The minimum atomic E-state index is -0.489. The molecule has 0 aliphatic heterocycles. The maximum atomic E-state index is 13.1. The van der Waals surface area contributed by atoms with Gasteiger partial charge in [-0.25, -0.2) is 4.39 Å². The molecule has 0 bridgehead atoms. The zero-order valence-corrected chi connectivity index (χ0v) is 13.4. The molecule has 2 aromatic rings. The Balaban J connectivity index is 1.99. The van der Waals surface area contributed by atoms with Gasteiger partial charge in [-0.2, -0.15) is 0 Å². The van der Waals surface area contributed by atoms with Gasteiger partial charge < -0.3 is 10.2 Å². The van der Waals surface area contributed by atoms with Crippen molar-refractivity contribution in [3.05, 3.63) is 64.4 Å². The summed E-state index contributed by atoms with van der Waals surface area (Å²) in [5.74, 6) is -1.24. The van der Waals surface area contributed by atoms with Gasteiger partial charge in [0, 0.05) is 17.1 Å². The molecule has 22 heavy (non-hydrogen) atoms. The van der Waals surface area contributed by atoms with Crippen LogP contribution in [0.25, 0.3) is 0 Å². The summed E-state index contributed by atoms with van der Waals surface area (Å²) in [6, 6.07) is 12.5. The van der Waals surface area contributed by atoms with E-state index in [9.17, 15) is 14.0 Å². The van der Waals surface area contributed by atoms with E-state index in [1.165, 1.54) is 30.1 Å². The lowest BCUT2D eigenvalue weighted by Gasteiger charge is -2.17. The summed E-state index contributed by atoms with van der Waals surface area (Å²) >= 11 is 3.33. The topological polar surface area (TPSA) is 49.4 Å². The lowest BCUT2D eigenvalue weighted by molar-refractivity contribution is -0.116. The second kappa shape index (κ2) is 7.17. The molecule has 0 saturated heterocycles. The van der Waals surface area contributed by atoms with E-state index in [0.29, 0.717) is 5.69 Å². The molecule has 114 valence electrons. The maximum Gasteiger partial charge on any atom is 0.254 e. The van der Waals surface area contributed by atoms with Crippen molar-refractivity contribution in [3.8, 4) is 0 Å². The van der Waals surface area contributed by atoms with E-state index >= 15 is 0 Å². The van der Waals surface area contributed by atoms with Crippen LogP contribution in [-0.4, -0.2) is 30.3 Å². The van der Waals surface area contributed by atoms with E-state index in [1.807, 2.05) is 6.07 Å². The smallest absolute Gasteiger partial charge is 0.254 e. The molecular formula is C16H14BrFN2O2. The van der Waals surface area contributed by atoms with Gasteiger partial charge in [0.1, 0.15) is 5.82 Å². The van der Waals surface area contributed by atoms with E-state index in [-0.39, 0.29) is 18.0 Å². The van der Waals surface area contributed by atoms with Crippen LogP contribution in [0.3, 0.4) is 0 Å². The van der Waals surface area contributed by atoms with Gasteiger partial charge in [0.25, 0.3) is 5.91 Å². The molecule has 0 aliphatic carbocycles. The van der Waals surface area contributed by atoms with Gasteiger partial charge in [-0.15, -0.1) is 0 Å². The first kappa shape index (κ1) is 16.2. The Bertz CT molecular complexity index is 706. The Kier molecular flexibility index (Phi) is 5.27. The SMILES string of the molecule is CN(CC(=O)Nc1ccccc1Br)C(=O)c1cccc(F)c1. The quantitative estimate of drug-likeness (QED) is 0.904. The number of nitrogens with one attached hydrogen (secondary N) is 1. The Morgan fingerprint density at radius 3 is 2.59 bits per heavy atom. The number of hydrogen-bond donors (Lipinski definition) is 1. The van der Waals surface area contributed by atoms with Crippen molar-refractivity contribution >= 4 is 33.4 Å². The summed E-state index contributed by atoms with van der Waals surface area (Å²) in [4.78, 5) is 25.3. The maximum absolute atomic E-state index is 13.1. The molecule has 0 unspecified atom stereocenters. The fourth-order valence-electron chi connectivity index (χ4n) is 1.88. The van der Waals surface area contributed by atoms with E-state index < -0.39 is 11.7 Å². The molecular weight excluding hydrogens is 351 g/mol. The first-order valence-electron chi connectivity index (χ1n) is 6.53. The molecule has 0 radical (unpaired) electrons. The molecule has 0 heterocycles. The summed E-state index contributed by atoms with van der Waals surface area (Å²) in [7, 11) is 1.49. The highest BCUT2D eigenvalue weighted by atomic mass is 79.9. The molecule has 0 aromatic heterocycles. The van der Waals surface area contributed by atoms with Gasteiger partial charge in [0.15, 0.2) is 0 Å². The molecule has 2 rings (SSSR count). The molecule has 4 nitrogen and oxygen atoms in total. The second-order valence-corrected chi connectivity index (χ2v) is 5.55. The Labute approximate surface area is 136 Å². The number of anilines is 1.